The molecule has 162 valence electrons. The van der Waals surface area contributed by atoms with Crippen molar-refractivity contribution in [3.63, 3.8) is 0 Å². The molecule has 2 aromatic heterocycles. The second-order valence-corrected chi connectivity index (χ2v) is 8.31. The molecule has 1 saturated heterocycles. The monoisotopic (exact) mass is 420 g/mol. The van der Waals surface area contributed by atoms with E-state index in [0.29, 0.717) is 24.5 Å². The number of benzene rings is 1. The highest BCUT2D eigenvalue weighted by atomic mass is 16.5. The van der Waals surface area contributed by atoms with E-state index in [2.05, 4.69) is 19.8 Å². The number of hydrogen-bond donors (Lipinski definition) is 0. The van der Waals surface area contributed by atoms with Gasteiger partial charge in [-0.3, -0.25) is 9.36 Å². The molecule has 5 rings (SSSR count). The number of hydrogen-bond acceptors (Lipinski definition) is 7. The Morgan fingerprint density at radius 2 is 1.87 bits per heavy atom. The van der Waals surface area contributed by atoms with E-state index < -0.39 is 0 Å². The summed E-state index contributed by atoms with van der Waals surface area (Å²) in [4.78, 5) is 31.2. The highest BCUT2D eigenvalue weighted by Gasteiger charge is 2.24. The molecule has 1 aromatic carbocycles. The molecule has 31 heavy (non-hydrogen) atoms. The third kappa shape index (κ3) is 3.99. The van der Waals surface area contributed by atoms with Gasteiger partial charge in [-0.05, 0) is 37.1 Å². The Hall–Kier alpha value is -3.00. The number of ether oxygens (including phenoxy) is 1. The highest BCUT2D eigenvalue weighted by Crippen LogP contribution is 2.34. The lowest BCUT2D eigenvalue weighted by atomic mass is 9.85. The molecule has 0 spiro atoms. The number of anilines is 2. The van der Waals surface area contributed by atoms with Crippen LogP contribution in [0.5, 0.6) is 0 Å². The van der Waals surface area contributed by atoms with Gasteiger partial charge in [-0.1, -0.05) is 6.42 Å². The van der Waals surface area contributed by atoms with Crippen LogP contribution in [0.4, 0.5) is 11.5 Å². The van der Waals surface area contributed by atoms with E-state index in [1.165, 1.54) is 19.3 Å². The maximum absolute atomic E-state index is 12.7. The van der Waals surface area contributed by atoms with Crippen molar-refractivity contribution < 1.29 is 4.74 Å². The maximum Gasteiger partial charge on any atom is 0.261 e. The molecule has 0 radical (unpaired) electrons. The molecule has 1 aliphatic heterocycles. The summed E-state index contributed by atoms with van der Waals surface area (Å²) in [5.41, 5.74) is 1.82. The summed E-state index contributed by atoms with van der Waals surface area (Å²) in [5.74, 6) is 2.58. The first kappa shape index (κ1) is 19.9. The van der Waals surface area contributed by atoms with Gasteiger partial charge in [0.15, 0.2) is 0 Å². The molecule has 0 bridgehead atoms. The van der Waals surface area contributed by atoms with Gasteiger partial charge in [0.05, 0.1) is 30.4 Å². The number of rotatable bonds is 6. The van der Waals surface area contributed by atoms with E-state index in [4.69, 9.17) is 9.72 Å². The molecule has 8 nitrogen and oxygen atoms in total. The number of methoxy groups -OCH3 is 1. The van der Waals surface area contributed by atoms with Crippen molar-refractivity contribution in [2.75, 3.05) is 49.7 Å². The van der Waals surface area contributed by atoms with Crippen LogP contribution in [0.1, 0.15) is 31.0 Å². The van der Waals surface area contributed by atoms with Gasteiger partial charge in [0, 0.05) is 51.1 Å². The quantitative estimate of drug-likeness (QED) is 0.606. The van der Waals surface area contributed by atoms with E-state index >= 15 is 0 Å². The lowest BCUT2D eigenvalue weighted by molar-refractivity contribution is 0.186. The van der Waals surface area contributed by atoms with Gasteiger partial charge in [-0.2, -0.15) is 0 Å². The van der Waals surface area contributed by atoms with E-state index in [0.717, 1.165) is 49.0 Å². The molecular weight excluding hydrogens is 392 g/mol. The Kier molecular flexibility index (Phi) is 5.55. The van der Waals surface area contributed by atoms with Crippen LogP contribution in [-0.4, -0.2) is 59.4 Å². The molecule has 0 atom stereocenters. The molecule has 8 heteroatoms. The fourth-order valence-electron chi connectivity index (χ4n) is 4.29. The smallest absolute Gasteiger partial charge is 0.261 e. The number of aromatic nitrogens is 4. The van der Waals surface area contributed by atoms with Gasteiger partial charge in [0.2, 0.25) is 0 Å². The summed E-state index contributed by atoms with van der Waals surface area (Å²) in [6.07, 6.45) is 7.23. The number of piperazine rings is 1. The van der Waals surface area contributed by atoms with Crippen molar-refractivity contribution in [2.24, 2.45) is 0 Å². The van der Waals surface area contributed by atoms with Crippen molar-refractivity contribution in [2.45, 2.75) is 31.7 Å². The zero-order valence-electron chi connectivity index (χ0n) is 17.9. The van der Waals surface area contributed by atoms with Crippen molar-refractivity contribution in [1.29, 1.82) is 0 Å². The average Bonchev–Trinajstić information content (AvgIpc) is 2.78. The fraction of sp³-hybridized carbons (Fsp3) is 0.478. The zero-order valence-corrected chi connectivity index (χ0v) is 17.9. The summed E-state index contributed by atoms with van der Waals surface area (Å²) < 4.78 is 6.67. The van der Waals surface area contributed by atoms with E-state index in [9.17, 15) is 4.79 Å². The van der Waals surface area contributed by atoms with Gasteiger partial charge in [0.25, 0.3) is 5.56 Å². The topological polar surface area (TPSA) is 76.4 Å². The third-order valence-electron chi connectivity index (χ3n) is 6.44. The Labute approximate surface area is 181 Å². The Bertz CT molecular complexity index is 1120. The molecule has 0 unspecified atom stereocenters. The van der Waals surface area contributed by atoms with Gasteiger partial charge < -0.3 is 14.5 Å². The normalized spacial score (nSPS) is 17.2. The van der Waals surface area contributed by atoms with Crippen LogP contribution in [-0.2, 0) is 11.3 Å². The average molecular weight is 421 g/mol. The molecule has 0 amide bonds. The fourth-order valence-corrected chi connectivity index (χ4v) is 4.29. The van der Waals surface area contributed by atoms with Gasteiger partial charge >= 0.3 is 0 Å². The van der Waals surface area contributed by atoms with Crippen molar-refractivity contribution in [3.8, 4) is 0 Å². The predicted octanol–water partition coefficient (Wildman–Crippen LogP) is 2.43. The lowest BCUT2D eigenvalue weighted by Crippen LogP contribution is -2.47. The summed E-state index contributed by atoms with van der Waals surface area (Å²) in [7, 11) is 1.63. The van der Waals surface area contributed by atoms with Gasteiger partial charge in [0.1, 0.15) is 11.6 Å². The van der Waals surface area contributed by atoms with Crippen LogP contribution in [0.15, 0.2) is 41.6 Å². The minimum absolute atomic E-state index is 0.0237. The Morgan fingerprint density at radius 1 is 1.06 bits per heavy atom. The first-order valence-electron chi connectivity index (χ1n) is 11.0. The van der Waals surface area contributed by atoms with Crippen molar-refractivity contribution in [1.82, 2.24) is 19.5 Å². The molecule has 3 heterocycles. The largest absolute Gasteiger partial charge is 0.383 e. The molecule has 0 N–H and O–H groups in total. The van der Waals surface area contributed by atoms with Crippen LogP contribution in [0.2, 0.25) is 0 Å². The second-order valence-electron chi connectivity index (χ2n) is 8.31. The summed E-state index contributed by atoms with van der Waals surface area (Å²) in [6.45, 7) is 4.62. The second kappa shape index (κ2) is 8.63. The standard InChI is InChI=1S/C23H28N6O2/c1-31-14-13-29-16-25-20-15-18(5-6-19(20)23(29)30)27-9-11-28(12-10-27)21-7-8-24-22(26-21)17-3-2-4-17/h5-8,15-17H,2-4,9-14H2,1H3. The van der Waals surface area contributed by atoms with Crippen molar-refractivity contribution in [3.05, 3.63) is 53.0 Å². The van der Waals surface area contributed by atoms with Gasteiger partial charge in [-0.25, -0.2) is 15.0 Å². The van der Waals surface area contributed by atoms with Crippen LogP contribution in [0.3, 0.4) is 0 Å². The Morgan fingerprint density at radius 3 is 2.61 bits per heavy atom. The SMILES string of the molecule is COCCn1cnc2cc(N3CCN(c4ccnc(C5CCC5)n4)CC3)ccc2c1=O. The van der Waals surface area contributed by atoms with E-state index in [1.54, 1.807) is 18.0 Å². The summed E-state index contributed by atoms with van der Waals surface area (Å²) >= 11 is 0. The minimum Gasteiger partial charge on any atom is -0.383 e. The summed E-state index contributed by atoms with van der Waals surface area (Å²) in [6, 6.07) is 7.96. The molecule has 2 fully saturated rings. The lowest BCUT2D eigenvalue weighted by Gasteiger charge is -2.37. The van der Waals surface area contributed by atoms with Crippen molar-refractivity contribution >= 4 is 22.4 Å². The first-order valence-corrected chi connectivity index (χ1v) is 11.0. The molecule has 1 aliphatic carbocycles. The van der Waals surface area contributed by atoms with E-state index in [1.807, 2.05) is 30.5 Å². The highest BCUT2D eigenvalue weighted by molar-refractivity contribution is 5.81. The maximum atomic E-state index is 12.7. The minimum atomic E-state index is -0.0237. The number of nitrogens with zero attached hydrogens (tertiary/aromatic N) is 6. The zero-order chi connectivity index (χ0) is 21.2. The molecular formula is C23H28N6O2. The third-order valence-corrected chi connectivity index (χ3v) is 6.44. The van der Waals surface area contributed by atoms with Crippen LogP contribution >= 0.6 is 0 Å². The van der Waals surface area contributed by atoms with Crippen LogP contribution in [0.25, 0.3) is 10.9 Å². The number of fused-ring (bicyclic) bond motifs is 1. The summed E-state index contributed by atoms with van der Waals surface area (Å²) in [5, 5.41) is 0.644. The molecule has 1 saturated carbocycles. The molecule has 3 aromatic rings. The van der Waals surface area contributed by atoms with Crippen LogP contribution in [0, 0.1) is 0 Å². The van der Waals surface area contributed by atoms with Crippen LogP contribution < -0.4 is 15.4 Å². The van der Waals surface area contributed by atoms with E-state index in [-0.39, 0.29) is 5.56 Å². The molecule has 2 aliphatic rings. The first-order chi connectivity index (χ1) is 15.2. The predicted molar refractivity (Wildman–Crippen MR) is 121 cm³/mol. The Balaban J connectivity index is 1.28. The van der Waals surface area contributed by atoms with Gasteiger partial charge in [-0.15, -0.1) is 0 Å².